The summed E-state index contributed by atoms with van der Waals surface area (Å²) in [6.07, 6.45) is 2.75. The van der Waals surface area contributed by atoms with Crippen LogP contribution in [0, 0.1) is 0 Å². The zero-order valence-electron chi connectivity index (χ0n) is 9.93. The van der Waals surface area contributed by atoms with E-state index < -0.39 is 12.0 Å². The van der Waals surface area contributed by atoms with Gasteiger partial charge in [0.1, 0.15) is 11.9 Å². The van der Waals surface area contributed by atoms with Gasteiger partial charge in [-0.25, -0.2) is 9.78 Å². The minimum absolute atomic E-state index is 0.0626. The summed E-state index contributed by atoms with van der Waals surface area (Å²) in [5, 5.41) is 11.8. The predicted molar refractivity (Wildman–Crippen MR) is 64.2 cm³/mol. The van der Waals surface area contributed by atoms with Crippen molar-refractivity contribution in [1.82, 2.24) is 4.98 Å². The number of nitrogens with zero attached hydrogens (tertiary/aromatic N) is 1. The average molecular weight is 236 g/mol. The van der Waals surface area contributed by atoms with Gasteiger partial charge >= 0.3 is 5.97 Å². The predicted octanol–water partition coefficient (Wildman–Crippen LogP) is 1.95. The van der Waals surface area contributed by atoms with Crippen molar-refractivity contribution >= 4 is 17.6 Å². The normalized spacial score (nSPS) is 11.9. The van der Waals surface area contributed by atoms with Crippen LogP contribution in [0.15, 0.2) is 18.3 Å². The molecule has 17 heavy (non-hydrogen) atoms. The Morgan fingerprint density at radius 3 is 2.59 bits per heavy atom. The van der Waals surface area contributed by atoms with Gasteiger partial charge in [0.05, 0.1) is 0 Å². The molecule has 0 fully saturated rings. The number of hydrogen-bond acceptors (Lipinski definition) is 4. The van der Waals surface area contributed by atoms with Crippen LogP contribution in [-0.2, 0) is 4.79 Å². The highest BCUT2D eigenvalue weighted by atomic mass is 16.4. The number of aromatic nitrogens is 1. The van der Waals surface area contributed by atoms with Crippen molar-refractivity contribution in [3.63, 3.8) is 0 Å². The molecule has 92 valence electrons. The fourth-order valence-corrected chi connectivity index (χ4v) is 1.41. The summed E-state index contributed by atoms with van der Waals surface area (Å²) in [5.74, 6) is -0.493. The van der Waals surface area contributed by atoms with E-state index in [1.807, 2.05) is 6.92 Å². The van der Waals surface area contributed by atoms with E-state index in [4.69, 9.17) is 5.11 Å². The first-order chi connectivity index (χ1) is 8.04. The monoisotopic (exact) mass is 236 g/mol. The van der Waals surface area contributed by atoms with Crippen LogP contribution in [-0.4, -0.2) is 27.9 Å². The summed E-state index contributed by atoms with van der Waals surface area (Å²) in [4.78, 5) is 26.0. The van der Waals surface area contributed by atoms with Gasteiger partial charge in [-0.3, -0.25) is 4.79 Å². The van der Waals surface area contributed by atoms with Crippen LogP contribution in [0.1, 0.15) is 37.0 Å². The van der Waals surface area contributed by atoms with Crippen molar-refractivity contribution in [2.45, 2.75) is 32.7 Å². The second-order valence-electron chi connectivity index (χ2n) is 3.81. The number of nitrogens with one attached hydrogen (secondary N) is 1. The minimum Gasteiger partial charge on any atom is -0.480 e. The van der Waals surface area contributed by atoms with E-state index in [-0.39, 0.29) is 5.78 Å². The van der Waals surface area contributed by atoms with Crippen molar-refractivity contribution in [2.75, 3.05) is 5.32 Å². The SMILES string of the molecule is CCCC(Nc1ccc(C(C)=O)cn1)C(=O)O. The Labute approximate surface area is 99.9 Å². The number of carbonyl (C=O) groups excluding carboxylic acids is 1. The maximum atomic E-state index is 11.0. The lowest BCUT2D eigenvalue weighted by Crippen LogP contribution is -2.29. The number of rotatable bonds is 6. The number of ketones is 1. The molecule has 5 nitrogen and oxygen atoms in total. The summed E-state index contributed by atoms with van der Waals surface area (Å²) >= 11 is 0. The maximum Gasteiger partial charge on any atom is 0.326 e. The van der Waals surface area contributed by atoms with E-state index in [2.05, 4.69) is 10.3 Å². The maximum absolute atomic E-state index is 11.0. The highest BCUT2D eigenvalue weighted by molar-refractivity contribution is 5.93. The highest BCUT2D eigenvalue weighted by Gasteiger charge is 2.16. The van der Waals surface area contributed by atoms with Crippen LogP contribution in [0.2, 0.25) is 0 Å². The van der Waals surface area contributed by atoms with E-state index in [0.29, 0.717) is 17.8 Å². The van der Waals surface area contributed by atoms with Crippen LogP contribution < -0.4 is 5.32 Å². The molecule has 1 aromatic heterocycles. The highest BCUT2D eigenvalue weighted by Crippen LogP contribution is 2.09. The molecule has 0 saturated heterocycles. The van der Waals surface area contributed by atoms with Crippen molar-refractivity contribution < 1.29 is 14.7 Å². The summed E-state index contributed by atoms with van der Waals surface area (Å²) in [5.41, 5.74) is 0.512. The summed E-state index contributed by atoms with van der Waals surface area (Å²) in [6.45, 7) is 3.38. The Morgan fingerprint density at radius 2 is 2.18 bits per heavy atom. The quantitative estimate of drug-likeness (QED) is 0.738. The van der Waals surface area contributed by atoms with E-state index >= 15 is 0 Å². The third-order valence-corrected chi connectivity index (χ3v) is 2.37. The van der Waals surface area contributed by atoms with Crippen LogP contribution >= 0.6 is 0 Å². The fraction of sp³-hybridized carbons (Fsp3) is 0.417. The number of Topliss-reactive ketones (excluding diaryl/α,β-unsaturated/α-hetero) is 1. The summed E-state index contributed by atoms with van der Waals surface area (Å²) < 4.78 is 0. The molecule has 0 amide bonds. The Balaban J connectivity index is 2.73. The van der Waals surface area contributed by atoms with Crippen molar-refractivity contribution in [2.24, 2.45) is 0 Å². The first-order valence-corrected chi connectivity index (χ1v) is 5.51. The summed E-state index contributed by atoms with van der Waals surface area (Å²) in [7, 11) is 0. The molecule has 2 N–H and O–H groups in total. The molecule has 1 atom stereocenters. The number of carboxylic acid groups (broad SMARTS) is 1. The zero-order chi connectivity index (χ0) is 12.8. The van der Waals surface area contributed by atoms with Gasteiger partial charge in [0.2, 0.25) is 0 Å². The first kappa shape index (κ1) is 13.2. The number of anilines is 1. The average Bonchev–Trinajstić information content (AvgIpc) is 2.29. The standard InChI is InChI=1S/C12H16N2O3/c1-3-4-10(12(16)17)14-11-6-5-9(7-13-11)8(2)15/h5-7,10H,3-4H2,1-2H3,(H,13,14)(H,16,17). The van der Waals surface area contributed by atoms with Gasteiger partial charge in [-0.1, -0.05) is 13.3 Å². The second kappa shape index (κ2) is 5.98. The number of carboxylic acids is 1. The number of pyridine rings is 1. The molecule has 0 aliphatic carbocycles. The molecule has 0 bridgehead atoms. The number of aliphatic carboxylic acids is 1. The zero-order valence-corrected chi connectivity index (χ0v) is 9.93. The van der Waals surface area contributed by atoms with E-state index in [1.54, 1.807) is 12.1 Å². The van der Waals surface area contributed by atoms with E-state index in [0.717, 1.165) is 6.42 Å². The molecule has 0 aromatic carbocycles. The molecule has 0 aliphatic heterocycles. The third kappa shape index (κ3) is 3.86. The third-order valence-electron chi connectivity index (χ3n) is 2.37. The number of carbonyl (C=O) groups is 2. The molecule has 5 heteroatoms. The summed E-state index contributed by atoms with van der Waals surface area (Å²) in [6, 6.07) is 2.60. The minimum atomic E-state index is -0.899. The van der Waals surface area contributed by atoms with E-state index in [1.165, 1.54) is 13.1 Å². The van der Waals surface area contributed by atoms with Crippen LogP contribution in [0.5, 0.6) is 0 Å². The Morgan fingerprint density at radius 1 is 1.47 bits per heavy atom. The van der Waals surface area contributed by atoms with Gasteiger partial charge < -0.3 is 10.4 Å². The molecule has 1 unspecified atom stereocenters. The van der Waals surface area contributed by atoms with Gasteiger partial charge in [-0.15, -0.1) is 0 Å². The molecule has 1 aromatic rings. The van der Waals surface area contributed by atoms with Gasteiger partial charge in [-0.2, -0.15) is 0 Å². The molecule has 0 radical (unpaired) electrons. The van der Waals surface area contributed by atoms with Gasteiger partial charge in [0, 0.05) is 11.8 Å². The molecule has 0 spiro atoms. The lowest BCUT2D eigenvalue weighted by Gasteiger charge is -2.13. The van der Waals surface area contributed by atoms with Crippen molar-refractivity contribution in [3.8, 4) is 0 Å². The molecule has 0 aliphatic rings. The van der Waals surface area contributed by atoms with Crippen molar-refractivity contribution in [1.29, 1.82) is 0 Å². The molecule has 1 heterocycles. The first-order valence-electron chi connectivity index (χ1n) is 5.51. The van der Waals surface area contributed by atoms with Crippen LogP contribution in [0.4, 0.5) is 5.82 Å². The lowest BCUT2D eigenvalue weighted by atomic mass is 10.1. The fourth-order valence-electron chi connectivity index (χ4n) is 1.41. The van der Waals surface area contributed by atoms with Gasteiger partial charge in [0.25, 0.3) is 0 Å². The molecule has 0 saturated carbocycles. The van der Waals surface area contributed by atoms with Crippen LogP contribution in [0.25, 0.3) is 0 Å². The lowest BCUT2D eigenvalue weighted by molar-refractivity contribution is -0.138. The Kier molecular flexibility index (Phi) is 4.63. The van der Waals surface area contributed by atoms with Gasteiger partial charge in [0.15, 0.2) is 5.78 Å². The van der Waals surface area contributed by atoms with E-state index in [9.17, 15) is 9.59 Å². The smallest absolute Gasteiger partial charge is 0.326 e. The molecular formula is C12H16N2O3. The topological polar surface area (TPSA) is 79.3 Å². The van der Waals surface area contributed by atoms with Crippen LogP contribution in [0.3, 0.4) is 0 Å². The largest absolute Gasteiger partial charge is 0.480 e. The number of hydrogen-bond donors (Lipinski definition) is 2. The van der Waals surface area contributed by atoms with Crippen molar-refractivity contribution in [3.05, 3.63) is 23.9 Å². The Hall–Kier alpha value is -1.91. The Bertz CT molecular complexity index is 401. The second-order valence-corrected chi connectivity index (χ2v) is 3.81. The van der Waals surface area contributed by atoms with Gasteiger partial charge in [-0.05, 0) is 25.5 Å². The molecular weight excluding hydrogens is 220 g/mol. The molecule has 1 rings (SSSR count).